The van der Waals surface area contributed by atoms with E-state index in [1.54, 1.807) is 13.0 Å². The molecule has 82 valence electrons. The molecule has 0 aromatic carbocycles. The molecular weight excluding hydrogens is 198 g/mol. The second-order valence-electron chi connectivity index (χ2n) is 4.07. The summed E-state index contributed by atoms with van der Waals surface area (Å²) in [5.74, 6) is -0.426. The van der Waals surface area contributed by atoms with E-state index in [0.29, 0.717) is 6.42 Å². The summed E-state index contributed by atoms with van der Waals surface area (Å²) < 4.78 is 9.78. The molecule has 0 aliphatic carbocycles. The number of cyclic esters (lactones) is 2. The number of rotatable bonds is 3. The number of amides is 1. The van der Waals surface area contributed by atoms with Crippen molar-refractivity contribution in [2.24, 2.45) is 5.92 Å². The van der Waals surface area contributed by atoms with Crippen molar-refractivity contribution in [2.45, 2.75) is 25.0 Å². The van der Waals surface area contributed by atoms with Crippen LogP contribution in [0.5, 0.6) is 0 Å². The normalized spacial score (nSPS) is 38.7. The lowest BCUT2D eigenvalue weighted by atomic mass is 9.76. The van der Waals surface area contributed by atoms with Crippen molar-refractivity contribution in [1.29, 1.82) is 0 Å². The largest absolute Gasteiger partial charge is 0.509 e. The molecule has 0 aromatic rings. The van der Waals surface area contributed by atoms with Gasteiger partial charge in [-0.2, -0.15) is 0 Å². The summed E-state index contributed by atoms with van der Waals surface area (Å²) in [7, 11) is 0. The summed E-state index contributed by atoms with van der Waals surface area (Å²) in [5, 5.41) is 2.75. The van der Waals surface area contributed by atoms with E-state index in [1.807, 2.05) is 0 Å². The van der Waals surface area contributed by atoms with Gasteiger partial charge >= 0.3 is 6.16 Å². The Balaban J connectivity index is 2.11. The minimum absolute atomic E-state index is 0.00509. The molecule has 2 rings (SSSR count). The van der Waals surface area contributed by atoms with Crippen molar-refractivity contribution in [1.82, 2.24) is 5.32 Å². The second kappa shape index (κ2) is 3.25. The van der Waals surface area contributed by atoms with Crippen LogP contribution in [0.4, 0.5) is 4.79 Å². The third-order valence-electron chi connectivity index (χ3n) is 2.88. The number of ether oxygens (including phenoxy) is 2. The first kappa shape index (κ1) is 10.0. The van der Waals surface area contributed by atoms with Crippen molar-refractivity contribution in [3.63, 3.8) is 0 Å². The van der Waals surface area contributed by atoms with Gasteiger partial charge in [-0.05, 0) is 13.3 Å². The smallest absolute Gasteiger partial charge is 0.430 e. The van der Waals surface area contributed by atoms with E-state index in [1.165, 1.54) is 0 Å². The molecule has 2 fully saturated rings. The number of carbonyl (C=O) groups is 2. The van der Waals surface area contributed by atoms with Gasteiger partial charge in [-0.25, -0.2) is 4.79 Å². The standard InChI is InChI=1S/C10H13NO4/c1-3-4-6-7(8(12)11-6)10(2)5-14-9(13)15-10/h3,6-7H,1,4-5H2,2H3,(H,11,12)/t6-,7-,10-/m1/s1. The molecule has 5 heteroatoms. The summed E-state index contributed by atoms with van der Waals surface area (Å²) in [4.78, 5) is 22.3. The zero-order valence-electron chi connectivity index (χ0n) is 8.49. The van der Waals surface area contributed by atoms with Gasteiger partial charge in [0.05, 0.1) is 0 Å². The highest BCUT2D eigenvalue weighted by molar-refractivity contribution is 5.87. The van der Waals surface area contributed by atoms with Gasteiger partial charge in [0, 0.05) is 6.04 Å². The highest BCUT2D eigenvalue weighted by Gasteiger charge is 2.56. The quantitative estimate of drug-likeness (QED) is 0.422. The zero-order chi connectivity index (χ0) is 11.1. The van der Waals surface area contributed by atoms with Crippen LogP contribution < -0.4 is 5.32 Å². The van der Waals surface area contributed by atoms with Crippen LogP contribution in [0.25, 0.3) is 0 Å². The lowest BCUT2D eigenvalue weighted by Gasteiger charge is -2.43. The summed E-state index contributed by atoms with van der Waals surface area (Å²) in [6.45, 7) is 5.47. The Labute approximate surface area is 87.4 Å². The lowest BCUT2D eigenvalue weighted by Crippen LogP contribution is -2.66. The lowest BCUT2D eigenvalue weighted by molar-refractivity contribution is -0.146. The molecule has 1 N–H and O–H groups in total. The van der Waals surface area contributed by atoms with Gasteiger partial charge in [0.2, 0.25) is 5.91 Å². The van der Waals surface area contributed by atoms with Crippen LogP contribution >= 0.6 is 0 Å². The average molecular weight is 211 g/mol. The molecule has 2 aliphatic rings. The zero-order valence-corrected chi connectivity index (χ0v) is 8.49. The molecule has 3 atom stereocenters. The van der Waals surface area contributed by atoms with Gasteiger partial charge < -0.3 is 14.8 Å². The van der Waals surface area contributed by atoms with Crippen molar-refractivity contribution < 1.29 is 19.1 Å². The molecule has 0 saturated carbocycles. The molecule has 2 saturated heterocycles. The van der Waals surface area contributed by atoms with Crippen LogP contribution in [0.1, 0.15) is 13.3 Å². The highest BCUT2D eigenvalue weighted by atomic mass is 16.8. The van der Waals surface area contributed by atoms with Gasteiger partial charge in [0.15, 0.2) is 5.60 Å². The average Bonchev–Trinajstić information content (AvgIpc) is 2.45. The van der Waals surface area contributed by atoms with E-state index in [-0.39, 0.29) is 24.5 Å². The van der Waals surface area contributed by atoms with E-state index >= 15 is 0 Å². The molecule has 5 nitrogen and oxygen atoms in total. The molecule has 0 spiro atoms. The van der Waals surface area contributed by atoms with Crippen LogP contribution in [-0.4, -0.2) is 30.3 Å². The van der Waals surface area contributed by atoms with E-state index in [0.717, 1.165) is 0 Å². The van der Waals surface area contributed by atoms with Gasteiger partial charge in [0.25, 0.3) is 0 Å². The highest BCUT2D eigenvalue weighted by Crippen LogP contribution is 2.36. The predicted octanol–water partition coefficient (Wildman–Crippen LogP) is 0.603. The number of nitrogens with one attached hydrogen (secondary N) is 1. The fourth-order valence-corrected chi connectivity index (χ4v) is 2.12. The van der Waals surface area contributed by atoms with Gasteiger partial charge in [-0.15, -0.1) is 6.58 Å². The molecule has 2 heterocycles. The minimum atomic E-state index is -0.826. The van der Waals surface area contributed by atoms with E-state index < -0.39 is 11.8 Å². The summed E-state index contributed by atoms with van der Waals surface area (Å²) >= 11 is 0. The molecule has 2 aliphatic heterocycles. The van der Waals surface area contributed by atoms with Crippen molar-refractivity contribution in [3.05, 3.63) is 12.7 Å². The second-order valence-corrected chi connectivity index (χ2v) is 4.07. The third kappa shape index (κ3) is 1.48. The monoisotopic (exact) mass is 211 g/mol. The Bertz CT molecular complexity index is 325. The summed E-state index contributed by atoms with van der Waals surface area (Å²) in [6, 6.07) is -0.00509. The van der Waals surface area contributed by atoms with Gasteiger partial charge in [-0.3, -0.25) is 4.79 Å². The Kier molecular flexibility index (Phi) is 2.17. The maximum atomic E-state index is 11.4. The summed E-state index contributed by atoms with van der Waals surface area (Å²) in [5.41, 5.74) is -0.826. The molecule has 0 aromatic heterocycles. The maximum absolute atomic E-state index is 11.4. The van der Waals surface area contributed by atoms with Crippen molar-refractivity contribution >= 4 is 12.1 Å². The topological polar surface area (TPSA) is 64.6 Å². The van der Waals surface area contributed by atoms with Crippen LogP contribution in [-0.2, 0) is 14.3 Å². The molecule has 1 amide bonds. The first-order valence-electron chi connectivity index (χ1n) is 4.84. The number of hydrogen-bond acceptors (Lipinski definition) is 4. The molecule has 0 bridgehead atoms. The Morgan fingerprint density at radius 3 is 2.87 bits per heavy atom. The van der Waals surface area contributed by atoms with Crippen LogP contribution in [0, 0.1) is 5.92 Å². The molecule has 0 unspecified atom stereocenters. The molecule has 0 radical (unpaired) electrons. The fourth-order valence-electron chi connectivity index (χ4n) is 2.12. The van der Waals surface area contributed by atoms with Crippen LogP contribution in [0.2, 0.25) is 0 Å². The molecule has 15 heavy (non-hydrogen) atoms. The number of β-lactam (4-membered cyclic amide) rings is 1. The Morgan fingerprint density at radius 1 is 1.67 bits per heavy atom. The Hall–Kier alpha value is -1.52. The SMILES string of the molecule is C=CC[C@H]1NC(=O)[C@@H]1[C@@]1(C)COC(=O)O1. The van der Waals surface area contributed by atoms with Gasteiger partial charge in [-0.1, -0.05) is 6.08 Å². The predicted molar refractivity (Wildman–Crippen MR) is 51.1 cm³/mol. The Morgan fingerprint density at radius 2 is 2.40 bits per heavy atom. The minimum Gasteiger partial charge on any atom is -0.430 e. The number of hydrogen-bond donors (Lipinski definition) is 1. The summed E-state index contributed by atoms with van der Waals surface area (Å²) in [6.07, 6.45) is 1.70. The molecular formula is C10H13NO4. The fraction of sp³-hybridized carbons (Fsp3) is 0.600. The maximum Gasteiger partial charge on any atom is 0.509 e. The van der Waals surface area contributed by atoms with E-state index in [9.17, 15) is 9.59 Å². The van der Waals surface area contributed by atoms with Crippen molar-refractivity contribution in [2.75, 3.05) is 6.61 Å². The van der Waals surface area contributed by atoms with Crippen molar-refractivity contribution in [3.8, 4) is 0 Å². The first-order chi connectivity index (χ1) is 7.07. The number of carbonyl (C=O) groups excluding carboxylic acids is 2. The first-order valence-corrected chi connectivity index (χ1v) is 4.84. The van der Waals surface area contributed by atoms with E-state index in [4.69, 9.17) is 9.47 Å². The van der Waals surface area contributed by atoms with Gasteiger partial charge in [0.1, 0.15) is 12.5 Å². The van der Waals surface area contributed by atoms with E-state index in [2.05, 4.69) is 11.9 Å². The van der Waals surface area contributed by atoms with Crippen LogP contribution in [0.3, 0.4) is 0 Å². The van der Waals surface area contributed by atoms with Crippen LogP contribution in [0.15, 0.2) is 12.7 Å². The third-order valence-corrected chi connectivity index (χ3v) is 2.88.